The van der Waals surface area contributed by atoms with Crippen LogP contribution in [0.15, 0.2) is 6.33 Å². The Hall–Kier alpha value is -1.32. The molecule has 1 aliphatic carbocycles. The van der Waals surface area contributed by atoms with Gasteiger partial charge in [0.15, 0.2) is 0 Å². The normalized spacial score (nSPS) is 18.7. The predicted octanol–water partition coefficient (Wildman–Crippen LogP) is 1.72. The average molecular weight is 192 g/mol. The molecule has 0 bridgehead atoms. The Bertz CT molecular complexity index is 344. The molecule has 0 atom stereocenters. The zero-order valence-electron chi connectivity index (χ0n) is 8.67. The maximum absolute atomic E-state index is 5.71. The highest BCUT2D eigenvalue weighted by Gasteiger charge is 2.32. The van der Waals surface area contributed by atoms with Gasteiger partial charge in [0, 0.05) is 11.1 Å². The van der Waals surface area contributed by atoms with Gasteiger partial charge in [0.2, 0.25) is 0 Å². The summed E-state index contributed by atoms with van der Waals surface area (Å²) in [4.78, 5) is 8.14. The van der Waals surface area contributed by atoms with Gasteiger partial charge in [0.1, 0.15) is 18.0 Å². The van der Waals surface area contributed by atoms with Crippen molar-refractivity contribution in [2.24, 2.45) is 0 Å². The SMILES string of the molecule is Cc1c(N)ncnc1NC1(C)CCC1. The molecule has 0 radical (unpaired) electrons. The Labute approximate surface area is 83.9 Å². The van der Waals surface area contributed by atoms with E-state index in [1.165, 1.54) is 25.6 Å². The molecule has 0 spiro atoms. The molecule has 4 nitrogen and oxygen atoms in total. The van der Waals surface area contributed by atoms with Crippen LogP contribution in [0.5, 0.6) is 0 Å². The summed E-state index contributed by atoms with van der Waals surface area (Å²) >= 11 is 0. The Morgan fingerprint density at radius 1 is 1.43 bits per heavy atom. The van der Waals surface area contributed by atoms with Crippen LogP contribution in [0.3, 0.4) is 0 Å². The Balaban J connectivity index is 2.20. The van der Waals surface area contributed by atoms with E-state index in [1.807, 2.05) is 6.92 Å². The van der Waals surface area contributed by atoms with Gasteiger partial charge in [-0.05, 0) is 33.1 Å². The van der Waals surface area contributed by atoms with Crippen LogP contribution in [0.1, 0.15) is 31.7 Å². The maximum atomic E-state index is 5.71. The second-order valence-electron chi connectivity index (χ2n) is 4.27. The zero-order valence-corrected chi connectivity index (χ0v) is 8.67. The number of hydrogen-bond donors (Lipinski definition) is 2. The summed E-state index contributed by atoms with van der Waals surface area (Å²) in [5.41, 5.74) is 6.87. The second-order valence-corrected chi connectivity index (χ2v) is 4.27. The maximum Gasteiger partial charge on any atom is 0.134 e. The molecule has 76 valence electrons. The van der Waals surface area contributed by atoms with Gasteiger partial charge in [-0.15, -0.1) is 0 Å². The first-order valence-corrected chi connectivity index (χ1v) is 4.96. The summed E-state index contributed by atoms with van der Waals surface area (Å²) in [7, 11) is 0. The van der Waals surface area contributed by atoms with Crippen LogP contribution in [0, 0.1) is 6.92 Å². The topological polar surface area (TPSA) is 63.8 Å². The molecule has 1 aromatic heterocycles. The standard InChI is InChI=1S/C10H16N4/c1-7-8(11)12-6-13-9(7)14-10(2)4-3-5-10/h6H,3-5H2,1-2H3,(H3,11,12,13,14). The summed E-state index contributed by atoms with van der Waals surface area (Å²) < 4.78 is 0. The van der Waals surface area contributed by atoms with Crippen molar-refractivity contribution in [2.45, 2.75) is 38.6 Å². The molecule has 0 unspecified atom stereocenters. The van der Waals surface area contributed by atoms with Crippen molar-refractivity contribution in [3.63, 3.8) is 0 Å². The molecule has 1 aliphatic rings. The lowest BCUT2D eigenvalue weighted by Crippen LogP contribution is -2.42. The molecule has 0 amide bonds. The number of nitrogen functional groups attached to an aromatic ring is 1. The van der Waals surface area contributed by atoms with Gasteiger partial charge >= 0.3 is 0 Å². The van der Waals surface area contributed by atoms with Crippen LogP contribution in [-0.2, 0) is 0 Å². The molecule has 14 heavy (non-hydrogen) atoms. The minimum atomic E-state index is 0.214. The molecule has 3 N–H and O–H groups in total. The molecule has 1 saturated carbocycles. The van der Waals surface area contributed by atoms with E-state index in [-0.39, 0.29) is 5.54 Å². The number of aromatic nitrogens is 2. The van der Waals surface area contributed by atoms with E-state index in [4.69, 9.17) is 5.73 Å². The lowest BCUT2D eigenvalue weighted by atomic mass is 9.78. The summed E-state index contributed by atoms with van der Waals surface area (Å²) in [6.07, 6.45) is 5.21. The van der Waals surface area contributed by atoms with Gasteiger partial charge in [-0.2, -0.15) is 0 Å². The largest absolute Gasteiger partial charge is 0.383 e. The number of nitrogens with two attached hydrogens (primary N) is 1. The molecule has 0 saturated heterocycles. The lowest BCUT2D eigenvalue weighted by Gasteiger charge is -2.39. The summed E-state index contributed by atoms with van der Waals surface area (Å²) in [6.45, 7) is 4.16. The van der Waals surface area contributed by atoms with Crippen LogP contribution in [0.4, 0.5) is 11.6 Å². The van der Waals surface area contributed by atoms with Crippen LogP contribution in [-0.4, -0.2) is 15.5 Å². The first kappa shape index (κ1) is 9.24. The van der Waals surface area contributed by atoms with Crippen LogP contribution >= 0.6 is 0 Å². The molecule has 1 aromatic rings. The Morgan fingerprint density at radius 3 is 2.71 bits per heavy atom. The van der Waals surface area contributed by atoms with Crippen molar-refractivity contribution in [1.82, 2.24) is 9.97 Å². The minimum Gasteiger partial charge on any atom is -0.383 e. The van der Waals surface area contributed by atoms with Gasteiger partial charge in [0.05, 0.1) is 0 Å². The van der Waals surface area contributed by atoms with E-state index in [9.17, 15) is 0 Å². The van der Waals surface area contributed by atoms with Crippen LogP contribution in [0.2, 0.25) is 0 Å². The first-order valence-electron chi connectivity index (χ1n) is 4.96. The molecule has 2 rings (SSSR count). The van der Waals surface area contributed by atoms with E-state index in [1.54, 1.807) is 0 Å². The fraction of sp³-hybridized carbons (Fsp3) is 0.600. The molecular weight excluding hydrogens is 176 g/mol. The van der Waals surface area contributed by atoms with E-state index in [2.05, 4.69) is 22.2 Å². The van der Waals surface area contributed by atoms with Gasteiger partial charge in [-0.3, -0.25) is 0 Å². The second kappa shape index (κ2) is 3.12. The smallest absolute Gasteiger partial charge is 0.134 e. The highest BCUT2D eigenvalue weighted by Crippen LogP contribution is 2.35. The molecule has 1 fully saturated rings. The molecule has 1 heterocycles. The van der Waals surface area contributed by atoms with Gasteiger partial charge < -0.3 is 11.1 Å². The predicted molar refractivity (Wildman–Crippen MR) is 57.1 cm³/mol. The third kappa shape index (κ3) is 1.52. The molecule has 4 heteroatoms. The van der Waals surface area contributed by atoms with E-state index in [0.29, 0.717) is 5.82 Å². The van der Waals surface area contributed by atoms with Crippen molar-refractivity contribution >= 4 is 11.6 Å². The molecule has 0 aromatic carbocycles. The molecule has 0 aliphatic heterocycles. The average Bonchev–Trinajstić information content (AvgIpc) is 2.10. The van der Waals surface area contributed by atoms with Gasteiger partial charge in [-0.25, -0.2) is 9.97 Å². The minimum absolute atomic E-state index is 0.214. The van der Waals surface area contributed by atoms with Crippen molar-refractivity contribution in [1.29, 1.82) is 0 Å². The first-order chi connectivity index (χ1) is 6.61. The van der Waals surface area contributed by atoms with Crippen LogP contribution in [0.25, 0.3) is 0 Å². The fourth-order valence-corrected chi connectivity index (χ4v) is 1.71. The van der Waals surface area contributed by atoms with E-state index in [0.717, 1.165) is 11.4 Å². The van der Waals surface area contributed by atoms with Gasteiger partial charge in [0.25, 0.3) is 0 Å². The van der Waals surface area contributed by atoms with Crippen molar-refractivity contribution in [2.75, 3.05) is 11.1 Å². The number of nitrogens with one attached hydrogen (secondary N) is 1. The summed E-state index contributed by atoms with van der Waals surface area (Å²) in [6, 6.07) is 0. The summed E-state index contributed by atoms with van der Waals surface area (Å²) in [5.74, 6) is 1.44. The highest BCUT2D eigenvalue weighted by atomic mass is 15.1. The van der Waals surface area contributed by atoms with Crippen molar-refractivity contribution < 1.29 is 0 Å². The summed E-state index contributed by atoms with van der Waals surface area (Å²) in [5, 5.41) is 3.43. The monoisotopic (exact) mass is 192 g/mol. The zero-order chi connectivity index (χ0) is 10.2. The quantitative estimate of drug-likeness (QED) is 0.749. The van der Waals surface area contributed by atoms with Crippen molar-refractivity contribution in [3.05, 3.63) is 11.9 Å². The third-order valence-electron chi connectivity index (χ3n) is 3.00. The number of hydrogen-bond acceptors (Lipinski definition) is 4. The van der Waals surface area contributed by atoms with Crippen LogP contribution < -0.4 is 11.1 Å². The van der Waals surface area contributed by atoms with Crippen molar-refractivity contribution in [3.8, 4) is 0 Å². The van der Waals surface area contributed by atoms with E-state index < -0.39 is 0 Å². The highest BCUT2D eigenvalue weighted by molar-refractivity contribution is 5.55. The fourth-order valence-electron chi connectivity index (χ4n) is 1.71. The third-order valence-corrected chi connectivity index (χ3v) is 3.00. The van der Waals surface area contributed by atoms with Gasteiger partial charge in [-0.1, -0.05) is 0 Å². The lowest BCUT2D eigenvalue weighted by molar-refractivity contribution is 0.305. The number of rotatable bonds is 2. The number of anilines is 2. The Kier molecular flexibility index (Phi) is 2.06. The Morgan fingerprint density at radius 2 is 2.14 bits per heavy atom. The van der Waals surface area contributed by atoms with E-state index >= 15 is 0 Å². The molecular formula is C10H16N4. The number of nitrogens with zero attached hydrogens (tertiary/aromatic N) is 2.